The first-order valence-electron chi connectivity index (χ1n) is 5.41. The third-order valence-corrected chi connectivity index (χ3v) is 2.09. The molecule has 0 saturated heterocycles. The minimum atomic E-state index is -0.0712. The maximum absolute atomic E-state index is 11.6. The molecule has 1 aromatic rings. The van der Waals surface area contributed by atoms with E-state index >= 15 is 0 Å². The fourth-order valence-corrected chi connectivity index (χ4v) is 1.62. The predicted octanol–water partition coefficient (Wildman–Crippen LogP) is 0.411. The van der Waals surface area contributed by atoms with Gasteiger partial charge in [-0.1, -0.05) is 13.8 Å². The first kappa shape index (κ1) is 12.5. The van der Waals surface area contributed by atoms with Crippen LogP contribution < -0.4 is 11.1 Å². The van der Waals surface area contributed by atoms with Crippen LogP contribution in [0.15, 0.2) is 6.33 Å². The molecule has 0 fully saturated rings. The Bertz CT molecular complexity index is 347. The second-order valence-electron chi connectivity index (χ2n) is 4.40. The fourth-order valence-electron chi connectivity index (χ4n) is 1.62. The molecule has 0 bridgehead atoms. The molecule has 1 unspecified atom stereocenters. The van der Waals surface area contributed by atoms with Crippen LogP contribution in [0.25, 0.3) is 0 Å². The van der Waals surface area contributed by atoms with Gasteiger partial charge in [0.05, 0.1) is 0 Å². The predicted molar refractivity (Wildman–Crippen MR) is 61.5 cm³/mol. The van der Waals surface area contributed by atoms with Crippen molar-refractivity contribution in [3.05, 3.63) is 6.33 Å². The summed E-state index contributed by atoms with van der Waals surface area (Å²) >= 11 is 0. The summed E-state index contributed by atoms with van der Waals surface area (Å²) in [5, 5.41) is 6.74. The molecule has 1 atom stereocenters. The van der Waals surface area contributed by atoms with Crippen LogP contribution in [0, 0.1) is 5.92 Å². The standard InChI is InChI=1S/C10H19N5O/c1-7(2)4-8(3)13-9(16)5-15-6-12-10(11)14-15/h6-8H,4-5H2,1-3H3,(H2,11,14)(H,13,16). The first-order valence-corrected chi connectivity index (χ1v) is 5.41. The molecule has 1 rings (SSSR count). The van der Waals surface area contributed by atoms with Crippen molar-refractivity contribution in [2.45, 2.75) is 39.8 Å². The largest absolute Gasteiger partial charge is 0.367 e. The normalized spacial score (nSPS) is 12.8. The molecule has 90 valence electrons. The SMILES string of the molecule is CC(C)CC(C)NC(=O)Cn1cnc(N)n1. The molecule has 1 aromatic heterocycles. The van der Waals surface area contributed by atoms with Gasteiger partial charge >= 0.3 is 0 Å². The Morgan fingerprint density at radius 3 is 2.75 bits per heavy atom. The summed E-state index contributed by atoms with van der Waals surface area (Å²) in [5.74, 6) is 0.679. The van der Waals surface area contributed by atoms with E-state index in [1.54, 1.807) is 0 Å². The van der Waals surface area contributed by atoms with Crippen LogP contribution in [0.2, 0.25) is 0 Å². The van der Waals surface area contributed by atoms with Crippen LogP contribution >= 0.6 is 0 Å². The van der Waals surface area contributed by atoms with Crippen molar-refractivity contribution >= 4 is 11.9 Å². The van der Waals surface area contributed by atoms with Gasteiger partial charge in [-0.25, -0.2) is 9.67 Å². The minimum Gasteiger partial charge on any atom is -0.367 e. The summed E-state index contributed by atoms with van der Waals surface area (Å²) < 4.78 is 1.42. The minimum absolute atomic E-state index is 0.0712. The summed E-state index contributed by atoms with van der Waals surface area (Å²) in [5.41, 5.74) is 5.35. The number of nitrogens with zero attached hydrogens (tertiary/aromatic N) is 3. The molecule has 0 radical (unpaired) electrons. The third kappa shape index (κ3) is 4.29. The van der Waals surface area contributed by atoms with Gasteiger partial charge in [-0.3, -0.25) is 4.79 Å². The number of carbonyl (C=O) groups excluding carboxylic acids is 1. The van der Waals surface area contributed by atoms with Crippen molar-refractivity contribution in [2.75, 3.05) is 5.73 Å². The summed E-state index contributed by atoms with van der Waals surface area (Å²) in [6, 6.07) is 0.174. The van der Waals surface area contributed by atoms with Crippen molar-refractivity contribution < 1.29 is 4.79 Å². The summed E-state index contributed by atoms with van der Waals surface area (Å²) in [6.45, 7) is 6.40. The highest BCUT2D eigenvalue weighted by Gasteiger charge is 2.10. The molecule has 6 heteroatoms. The lowest BCUT2D eigenvalue weighted by Crippen LogP contribution is -2.36. The van der Waals surface area contributed by atoms with Crippen LogP contribution in [0.1, 0.15) is 27.2 Å². The van der Waals surface area contributed by atoms with E-state index in [1.807, 2.05) is 6.92 Å². The zero-order valence-corrected chi connectivity index (χ0v) is 9.97. The van der Waals surface area contributed by atoms with Crippen LogP contribution in [-0.2, 0) is 11.3 Å². The molecule has 0 aromatic carbocycles. The molecule has 0 spiro atoms. The molecule has 0 aliphatic heterocycles. The fraction of sp³-hybridized carbons (Fsp3) is 0.700. The van der Waals surface area contributed by atoms with Crippen molar-refractivity contribution in [1.82, 2.24) is 20.1 Å². The lowest BCUT2D eigenvalue weighted by Gasteiger charge is -2.15. The van der Waals surface area contributed by atoms with Gasteiger partial charge in [0.25, 0.3) is 0 Å². The smallest absolute Gasteiger partial charge is 0.242 e. The summed E-state index contributed by atoms with van der Waals surface area (Å²) in [6.07, 6.45) is 2.41. The number of carbonyl (C=O) groups is 1. The van der Waals surface area contributed by atoms with Crippen molar-refractivity contribution in [1.29, 1.82) is 0 Å². The van der Waals surface area contributed by atoms with Gasteiger partial charge < -0.3 is 11.1 Å². The number of nitrogens with two attached hydrogens (primary N) is 1. The molecule has 0 aliphatic rings. The second kappa shape index (κ2) is 5.48. The highest BCUT2D eigenvalue weighted by Crippen LogP contribution is 2.03. The Morgan fingerprint density at radius 2 is 2.25 bits per heavy atom. The van der Waals surface area contributed by atoms with E-state index in [0.717, 1.165) is 6.42 Å². The maximum Gasteiger partial charge on any atom is 0.242 e. The topological polar surface area (TPSA) is 85.8 Å². The molecule has 1 amide bonds. The average Bonchev–Trinajstić information content (AvgIpc) is 2.48. The van der Waals surface area contributed by atoms with Gasteiger partial charge in [-0.15, -0.1) is 5.10 Å². The Morgan fingerprint density at radius 1 is 1.56 bits per heavy atom. The monoisotopic (exact) mass is 225 g/mol. The van der Waals surface area contributed by atoms with Crippen molar-refractivity contribution in [3.8, 4) is 0 Å². The molecule has 0 saturated carbocycles. The number of hydrogen-bond donors (Lipinski definition) is 2. The first-order chi connectivity index (χ1) is 7.47. The lowest BCUT2D eigenvalue weighted by atomic mass is 10.1. The van der Waals surface area contributed by atoms with Gasteiger partial charge in [-0.2, -0.15) is 0 Å². The van der Waals surface area contributed by atoms with E-state index in [-0.39, 0.29) is 24.4 Å². The zero-order chi connectivity index (χ0) is 12.1. The lowest BCUT2D eigenvalue weighted by molar-refractivity contribution is -0.122. The van der Waals surface area contributed by atoms with Gasteiger partial charge in [0.1, 0.15) is 12.9 Å². The number of hydrogen-bond acceptors (Lipinski definition) is 4. The van der Waals surface area contributed by atoms with Gasteiger partial charge in [0.15, 0.2) is 0 Å². The molecular weight excluding hydrogens is 206 g/mol. The van der Waals surface area contributed by atoms with E-state index in [4.69, 9.17) is 5.73 Å². The number of nitrogens with one attached hydrogen (secondary N) is 1. The molecule has 1 heterocycles. The number of rotatable bonds is 5. The van der Waals surface area contributed by atoms with E-state index in [2.05, 4.69) is 29.2 Å². The van der Waals surface area contributed by atoms with E-state index in [1.165, 1.54) is 11.0 Å². The molecule has 3 N–H and O–H groups in total. The Labute approximate surface area is 95.2 Å². The Kier molecular flexibility index (Phi) is 4.28. The van der Waals surface area contributed by atoms with Gasteiger partial charge in [-0.05, 0) is 19.3 Å². The van der Waals surface area contributed by atoms with Crippen LogP contribution in [0.5, 0.6) is 0 Å². The van der Waals surface area contributed by atoms with E-state index < -0.39 is 0 Å². The molecule has 0 aliphatic carbocycles. The summed E-state index contributed by atoms with van der Waals surface area (Å²) in [7, 11) is 0. The number of aromatic nitrogens is 3. The number of amides is 1. The average molecular weight is 225 g/mol. The third-order valence-electron chi connectivity index (χ3n) is 2.09. The second-order valence-corrected chi connectivity index (χ2v) is 4.40. The maximum atomic E-state index is 11.6. The Hall–Kier alpha value is -1.59. The van der Waals surface area contributed by atoms with E-state index in [9.17, 15) is 4.79 Å². The van der Waals surface area contributed by atoms with Gasteiger partial charge in [0, 0.05) is 6.04 Å². The van der Waals surface area contributed by atoms with Crippen molar-refractivity contribution in [3.63, 3.8) is 0 Å². The van der Waals surface area contributed by atoms with E-state index in [0.29, 0.717) is 5.92 Å². The summed E-state index contributed by atoms with van der Waals surface area (Å²) in [4.78, 5) is 15.3. The molecule has 16 heavy (non-hydrogen) atoms. The van der Waals surface area contributed by atoms with Crippen LogP contribution in [-0.4, -0.2) is 26.7 Å². The Balaban J connectivity index is 2.36. The molecular formula is C10H19N5O. The van der Waals surface area contributed by atoms with Crippen LogP contribution in [0.3, 0.4) is 0 Å². The number of anilines is 1. The highest BCUT2D eigenvalue weighted by molar-refractivity contribution is 5.75. The number of nitrogen functional groups attached to an aromatic ring is 1. The highest BCUT2D eigenvalue weighted by atomic mass is 16.2. The van der Waals surface area contributed by atoms with Crippen LogP contribution in [0.4, 0.5) is 5.95 Å². The van der Waals surface area contributed by atoms with Gasteiger partial charge in [0.2, 0.25) is 11.9 Å². The molecule has 6 nitrogen and oxygen atoms in total. The quantitative estimate of drug-likeness (QED) is 0.760. The van der Waals surface area contributed by atoms with Crippen molar-refractivity contribution in [2.24, 2.45) is 5.92 Å². The zero-order valence-electron chi connectivity index (χ0n) is 9.97.